The number of ether oxygens (including phenoxy) is 2. The number of aliphatic hydroxyl groups excluding tert-OH is 2. The Balaban J connectivity index is 0.00000208. The topological polar surface area (TPSA) is 315 Å². The summed E-state index contributed by atoms with van der Waals surface area (Å²) in [5.74, 6) is 0.0649. The van der Waals surface area contributed by atoms with Crippen LogP contribution in [-0.4, -0.2) is 99.1 Å². The standard InChI is InChI=1S/C20H24N10O12P2.2Na/c21-15-9-17(25-3-23-15)29(5-27-9)19-11(31)13-7(39-19)1-37-43(33,34)42-14-8(2-38-44(35,36)41-13)40-20(12(14)32)30-6-28-10-16(22)24-4-26-18(10)30;;/h3-8,11-14,19-20,31-32H,1-2H2,(H,33,34)(H,35,36)(H2,21,23,25)(H2,22,24,26);;/q;2*+1/p-2/t7-,8-,11-,12-,13-,14-,19-,20-;;/m1../s1. The maximum absolute atomic E-state index is 12.9. The number of hydrogen-bond acceptors (Lipinski definition) is 20. The number of nitrogen functional groups attached to an aromatic ring is 2. The first-order valence-corrected chi connectivity index (χ1v) is 15.7. The number of fused-ring (bicyclic) bond motifs is 4. The van der Waals surface area contributed by atoms with Crippen LogP contribution in [0.15, 0.2) is 25.3 Å². The average molecular weight is 702 g/mol. The molecule has 0 aliphatic carbocycles. The SMILES string of the molecule is Nc1ncnc2c1ncn2[C@@H]1O[C@@H]2COP(=O)([O-])O[C@H]3[C@@H](O)[C@H](n4cnc5c(N)ncnc54)O[C@@H]3COP(=O)([O-])O[C@H]2[C@H]1O.[Na+].[Na+]. The van der Waals surface area contributed by atoms with E-state index in [4.69, 9.17) is 39.0 Å². The molecule has 0 amide bonds. The number of nitrogens with two attached hydrogens (primary N) is 2. The van der Waals surface area contributed by atoms with Crippen LogP contribution in [0, 0.1) is 0 Å². The Hall–Kier alpha value is -1.24. The van der Waals surface area contributed by atoms with Crippen LogP contribution in [-0.2, 0) is 36.7 Å². The van der Waals surface area contributed by atoms with Crippen LogP contribution < -0.4 is 80.4 Å². The minimum absolute atomic E-state index is 0. The molecule has 0 spiro atoms. The van der Waals surface area contributed by atoms with Crippen molar-refractivity contribution >= 4 is 49.6 Å². The summed E-state index contributed by atoms with van der Waals surface area (Å²) < 4.78 is 60.2. The Morgan fingerprint density at radius 2 is 1.11 bits per heavy atom. The number of rotatable bonds is 2. The summed E-state index contributed by atoms with van der Waals surface area (Å²) in [7, 11) is -10.5. The zero-order valence-electron chi connectivity index (χ0n) is 23.9. The summed E-state index contributed by atoms with van der Waals surface area (Å²) in [5, 5.41) is 22.1. The first kappa shape index (κ1) is 36.1. The minimum atomic E-state index is -5.27. The monoisotopic (exact) mass is 702 g/mol. The van der Waals surface area contributed by atoms with Gasteiger partial charge in [0, 0.05) is 0 Å². The smallest absolute Gasteiger partial charge is 0.756 e. The maximum atomic E-state index is 12.9. The van der Waals surface area contributed by atoms with E-state index < -0.39 is 77.9 Å². The van der Waals surface area contributed by atoms with Crippen LogP contribution in [0.3, 0.4) is 0 Å². The number of phosphoric ester groups is 2. The van der Waals surface area contributed by atoms with Crippen LogP contribution in [0.4, 0.5) is 11.6 Å². The molecule has 7 heterocycles. The fourth-order valence-corrected chi connectivity index (χ4v) is 7.13. The zero-order chi connectivity index (χ0) is 31.0. The third-order valence-electron chi connectivity index (χ3n) is 7.24. The van der Waals surface area contributed by atoms with Gasteiger partial charge in [0.1, 0.15) is 60.3 Å². The van der Waals surface area contributed by atoms with E-state index >= 15 is 0 Å². The molecule has 3 aliphatic rings. The van der Waals surface area contributed by atoms with Gasteiger partial charge in [-0.1, -0.05) is 0 Å². The Kier molecular flexibility index (Phi) is 10.6. The number of nitrogens with zero attached hydrogens (tertiary/aromatic N) is 8. The quantitative estimate of drug-likeness (QED) is 0.111. The molecular weight excluding hydrogens is 680 g/mol. The van der Waals surface area contributed by atoms with Gasteiger partial charge in [0.25, 0.3) is 15.6 Å². The van der Waals surface area contributed by atoms with Gasteiger partial charge < -0.3 is 59.0 Å². The fraction of sp³-hybridized carbons (Fsp3) is 0.500. The van der Waals surface area contributed by atoms with E-state index in [1.54, 1.807) is 0 Å². The largest absolute Gasteiger partial charge is 1.00 e. The van der Waals surface area contributed by atoms with Crippen LogP contribution in [0.2, 0.25) is 0 Å². The molecule has 0 saturated carbocycles. The second-order valence-electron chi connectivity index (χ2n) is 9.90. The van der Waals surface area contributed by atoms with Crippen molar-refractivity contribution < 1.29 is 116 Å². The second kappa shape index (κ2) is 13.6. The molecule has 3 saturated heterocycles. The molecule has 3 aliphatic heterocycles. The van der Waals surface area contributed by atoms with E-state index in [9.17, 15) is 29.1 Å². The van der Waals surface area contributed by atoms with Gasteiger partial charge in [0.2, 0.25) is 0 Å². The van der Waals surface area contributed by atoms with Crippen LogP contribution >= 0.6 is 15.6 Å². The first-order valence-electron chi connectivity index (χ1n) is 12.7. The average Bonchev–Trinajstić information content (AvgIpc) is 3.73. The Morgan fingerprint density at radius 3 is 1.50 bits per heavy atom. The summed E-state index contributed by atoms with van der Waals surface area (Å²) in [5.41, 5.74) is 12.2. The summed E-state index contributed by atoms with van der Waals surface area (Å²) in [6.07, 6.45) is -7.95. The van der Waals surface area contributed by atoms with E-state index in [1.807, 2.05) is 0 Å². The van der Waals surface area contributed by atoms with Crippen molar-refractivity contribution in [1.82, 2.24) is 39.0 Å². The summed E-state index contributed by atoms with van der Waals surface area (Å²) >= 11 is 0. The molecule has 0 aromatic carbocycles. The van der Waals surface area contributed by atoms with E-state index in [-0.39, 0.29) is 93.1 Å². The van der Waals surface area contributed by atoms with Gasteiger partial charge in [-0.15, -0.1) is 0 Å². The predicted octanol–water partition coefficient (Wildman–Crippen LogP) is -8.89. The second-order valence-corrected chi connectivity index (χ2v) is 12.6. The molecule has 26 heteroatoms. The number of aromatic nitrogens is 8. The molecule has 6 N–H and O–H groups in total. The van der Waals surface area contributed by atoms with Crippen LogP contribution in [0.1, 0.15) is 12.5 Å². The van der Waals surface area contributed by atoms with Gasteiger partial charge >= 0.3 is 59.1 Å². The Bertz CT molecular complexity index is 1710. The van der Waals surface area contributed by atoms with Crippen molar-refractivity contribution in [3.05, 3.63) is 25.3 Å². The number of imidazole rings is 2. The van der Waals surface area contributed by atoms with Gasteiger partial charge in [-0.05, 0) is 0 Å². The van der Waals surface area contributed by atoms with Crippen molar-refractivity contribution in [2.24, 2.45) is 0 Å². The predicted molar refractivity (Wildman–Crippen MR) is 136 cm³/mol. The molecule has 4 aromatic rings. The molecule has 4 aromatic heterocycles. The molecular formula is C20H22N10Na2O12P2. The minimum Gasteiger partial charge on any atom is -0.756 e. The first-order chi connectivity index (χ1) is 20.9. The van der Waals surface area contributed by atoms with Crippen molar-refractivity contribution in [2.45, 2.75) is 49.1 Å². The van der Waals surface area contributed by atoms with Gasteiger partial charge in [-0.25, -0.2) is 29.9 Å². The summed E-state index contributed by atoms with van der Waals surface area (Å²) in [6, 6.07) is 0. The van der Waals surface area contributed by atoms with E-state index in [2.05, 4.69) is 29.9 Å². The van der Waals surface area contributed by atoms with Crippen LogP contribution in [0.5, 0.6) is 0 Å². The number of hydrogen-bond donors (Lipinski definition) is 4. The molecule has 0 radical (unpaired) electrons. The van der Waals surface area contributed by atoms with Crippen molar-refractivity contribution in [3.8, 4) is 0 Å². The van der Waals surface area contributed by atoms with Gasteiger partial charge in [-0.3, -0.25) is 18.3 Å². The summed E-state index contributed by atoms with van der Waals surface area (Å²) in [6.45, 7) is -1.74. The van der Waals surface area contributed by atoms with Crippen LogP contribution in [0.25, 0.3) is 22.3 Å². The summed E-state index contributed by atoms with van der Waals surface area (Å²) in [4.78, 5) is 49.8. The number of anilines is 2. The van der Waals surface area contributed by atoms with Gasteiger partial charge in [0.15, 0.2) is 35.4 Å². The number of phosphoric acid groups is 2. The maximum Gasteiger partial charge on any atom is 1.00 e. The van der Waals surface area contributed by atoms with Crippen molar-refractivity contribution in [3.63, 3.8) is 0 Å². The molecule has 2 unspecified atom stereocenters. The van der Waals surface area contributed by atoms with E-state index in [0.717, 1.165) is 12.7 Å². The number of aliphatic hydroxyl groups is 2. The van der Waals surface area contributed by atoms with E-state index in [1.165, 1.54) is 21.8 Å². The zero-order valence-corrected chi connectivity index (χ0v) is 29.7. The fourth-order valence-electron chi connectivity index (χ4n) is 5.23. The molecule has 0 bridgehead atoms. The Labute approximate surface area is 301 Å². The molecule has 3 fully saturated rings. The van der Waals surface area contributed by atoms with Crippen molar-refractivity contribution in [1.29, 1.82) is 0 Å². The Morgan fingerprint density at radius 1 is 0.717 bits per heavy atom. The van der Waals surface area contributed by atoms with Gasteiger partial charge in [0.05, 0.1) is 25.9 Å². The van der Waals surface area contributed by atoms with Gasteiger partial charge in [-0.2, -0.15) is 0 Å². The third kappa shape index (κ3) is 6.54. The third-order valence-corrected chi connectivity index (χ3v) is 9.17. The molecule has 22 nitrogen and oxygen atoms in total. The molecule has 7 rings (SSSR count). The molecule has 10 atom stereocenters. The molecule has 236 valence electrons. The molecule has 46 heavy (non-hydrogen) atoms. The van der Waals surface area contributed by atoms with Crippen molar-refractivity contribution in [2.75, 3.05) is 24.7 Å². The van der Waals surface area contributed by atoms with E-state index in [0.29, 0.717) is 0 Å². The normalized spacial score (nSPS) is 36.6.